The molecule has 12 heteroatoms. The molecule has 0 radical (unpaired) electrons. The maximum absolute atomic E-state index is 13.0. The Labute approximate surface area is 230 Å². The van der Waals surface area contributed by atoms with E-state index in [9.17, 15) is 29.5 Å². The second-order valence-electron chi connectivity index (χ2n) is 10.2. The Kier molecular flexibility index (Phi) is 9.66. The number of carboxylic acids is 1. The van der Waals surface area contributed by atoms with Gasteiger partial charge in [-0.15, -0.1) is 11.3 Å². The van der Waals surface area contributed by atoms with Gasteiger partial charge in [-0.1, -0.05) is 20.8 Å². The molecular weight excluding hydrogens is 520 g/mol. The number of amides is 2. The minimum absolute atomic E-state index is 0.0508. The van der Waals surface area contributed by atoms with Crippen LogP contribution in [0.2, 0.25) is 0 Å². The van der Waals surface area contributed by atoms with E-state index in [0.29, 0.717) is 23.5 Å². The summed E-state index contributed by atoms with van der Waals surface area (Å²) in [6.45, 7) is 10.5. The number of carboxylic acid groups (broad SMARTS) is 1. The van der Waals surface area contributed by atoms with Crippen molar-refractivity contribution in [2.45, 2.75) is 47.1 Å². The molecular formula is C27H34N6O5S. The maximum atomic E-state index is 13.0. The van der Waals surface area contributed by atoms with Crippen molar-refractivity contribution in [2.24, 2.45) is 5.41 Å². The number of likely N-dealkylation sites (tertiary alicyclic amines) is 1. The molecule has 1 aromatic carbocycles. The van der Waals surface area contributed by atoms with E-state index in [2.05, 4.69) is 20.9 Å². The number of hydrogen-bond acceptors (Lipinski definition) is 8. The summed E-state index contributed by atoms with van der Waals surface area (Å²) in [5.41, 5.74) is -0.462. The largest absolute Gasteiger partial charge is 0.477 e. The molecule has 2 aromatic rings. The number of thiazole rings is 1. The molecule has 1 aliphatic rings. The Bertz CT molecular complexity index is 1470. The summed E-state index contributed by atoms with van der Waals surface area (Å²) in [7, 11) is 0. The lowest BCUT2D eigenvalue weighted by atomic mass is 9.95. The quantitative estimate of drug-likeness (QED) is 0.362. The summed E-state index contributed by atoms with van der Waals surface area (Å²) in [6, 6.07) is 6.48. The number of aliphatic carboxylic acids is 1. The Morgan fingerprint density at radius 3 is 2.41 bits per heavy atom. The topological polar surface area (TPSA) is 157 Å². The van der Waals surface area contributed by atoms with Crippen LogP contribution in [-0.2, 0) is 16.1 Å². The number of carbonyl (C=O) groups excluding carboxylic acids is 2. The van der Waals surface area contributed by atoms with Gasteiger partial charge in [0.2, 0.25) is 5.91 Å². The predicted molar refractivity (Wildman–Crippen MR) is 151 cm³/mol. The van der Waals surface area contributed by atoms with Crippen molar-refractivity contribution in [1.29, 1.82) is 5.26 Å². The van der Waals surface area contributed by atoms with Crippen molar-refractivity contribution in [3.63, 3.8) is 0 Å². The normalized spacial score (nSPS) is 15.0. The number of nitriles is 1. The highest BCUT2D eigenvalue weighted by atomic mass is 32.1. The molecule has 0 aliphatic carbocycles. The smallest absolute Gasteiger partial charge is 0.349 e. The SMILES string of the molecule is CCn1c(=O)/c(=C\Nc2cc(NC(=O)C(C)(C)C)cc(C(=O)NCCN3CCCC3)c2)s/c1=C(/C#N)C(=O)O. The Balaban J connectivity index is 1.95. The maximum Gasteiger partial charge on any atom is 0.349 e. The number of anilines is 2. The molecule has 1 aromatic heterocycles. The summed E-state index contributed by atoms with van der Waals surface area (Å²) < 4.78 is 1.46. The third-order valence-electron chi connectivity index (χ3n) is 6.18. The minimum Gasteiger partial charge on any atom is -0.477 e. The summed E-state index contributed by atoms with van der Waals surface area (Å²) in [5.74, 6) is -1.94. The van der Waals surface area contributed by atoms with Crippen LogP contribution in [0.1, 0.15) is 50.9 Å². The van der Waals surface area contributed by atoms with E-state index in [1.165, 1.54) is 10.8 Å². The van der Waals surface area contributed by atoms with Crippen LogP contribution >= 0.6 is 11.3 Å². The minimum atomic E-state index is -1.41. The number of carbonyl (C=O) groups is 3. The van der Waals surface area contributed by atoms with Crippen LogP contribution in [0, 0.1) is 16.7 Å². The molecule has 1 fully saturated rings. The second-order valence-corrected chi connectivity index (χ2v) is 11.2. The molecule has 0 bridgehead atoms. The van der Waals surface area contributed by atoms with Crippen molar-refractivity contribution < 1.29 is 19.5 Å². The second kappa shape index (κ2) is 12.7. The number of nitrogens with one attached hydrogen (secondary N) is 3. The van der Waals surface area contributed by atoms with Gasteiger partial charge in [0.25, 0.3) is 11.5 Å². The molecule has 1 aliphatic heterocycles. The van der Waals surface area contributed by atoms with Crippen LogP contribution in [0.5, 0.6) is 0 Å². The Morgan fingerprint density at radius 1 is 1.15 bits per heavy atom. The Morgan fingerprint density at radius 2 is 1.82 bits per heavy atom. The average Bonchev–Trinajstić information content (AvgIpc) is 3.50. The van der Waals surface area contributed by atoms with Gasteiger partial charge in [0, 0.05) is 48.2 Å². The summed E-state index contributed by atoms with van der Waals surface area (Å²) >= 11 is 0.881. The molecule has 208 valence electrons. The molecule has 2 heterocycles. The fourth-order valence-corrected chi connectivity index (χ4v) is 5.08. The zero-order valence-electron chi connectivity index (χ0n) is 22.6. The zero-order valence-corrected chi connectivity index (χ0v) is 23.4. The lowest BCUT2D eigenvalue weighted by Crippen LogP contribution is -2.33. The lowest BCUT2D eigenvalue weighted by molar-refractivity contribution is -0.130. The van der Waals surface area contributed by atoms with Gasteiger partial charge in [-0.05, 0) is 51.1 Å². The number of rotatable bonds is 9. The molecule has 2 amide bonds. The van der Waals surface area contributed by atoms with Crippen molar-refractivity contribution >= 4 is 52.3 Å². The number of benzene rings is 1. The predicted octanol–water partition coefficient (Wildman–Crippen LogP) is 1.35. The first kappa shape index (κ1) is 29.6. The fraction of sp³-hybridized carbons (Fsp3) is 0.444. The van der Waals surface area contributed by atoms with E-state index in [1.807, 2.05) is 0 Å². The van der Waals surface area contributed by atoms with Crippen LogP contribution in [0.4, 0.5) is 11.4 Å². The first-order chi connectivity index (χ1) is 18.4. The van der Waals surface area contributed by atoms with E-state index in [1.54, 1.807) is 52.0 Å². The van der Waals surface area contributed by atoms with Gasteiger partial charge in [0.05, 0.1) is 0 Å². The zero-order chi connectivity index (χ0) is 28.7. The van der Waals surface area contributed by atoms with E-state index < -0.39 is 22.5 Å². The van der Waals surface area contributed by atoms with Crippen molar-refractivity contribution in [3.8, 4) is 6.07 Å². The van der Waals surface area contributed by atoms with Crippen LogP contribution in [0.3, 0.4) is 0 Å². The standard InChI is InChI=1S/C27H34N6O5S/c1-5-33-23(35)21(39-24(33)20(15-28)25(36)37)16-30-18-12-17(13-19(14-18)31-26(38)27(2,3)4)22(34)29-8-11-32-9-6-7-10-32/h12-14,16,30H,5-11H2,1-4H3,(H,29,34)(H,31,38)(H,36,37)/b21-16+,24-20-. The first-order valence-corrected chi connectivity index (χ1v) is 13.6. The molecule has 39 heavy (non-hydrogen) atoms. The molecule has 0 unspecified atom stereocenters. The van der Waals surface area contributed by atoms with Gasteiger partial charge >= 0.3 is 5.97 Å². The highest BCUT2D eigenvalue weighted by Gasteiger charge is 2.22. The van der Waals surface area contributed by atoms with Gasteiger partial charge < -0.3 is 26.0 Å². The lowest BCUT2D eigenvalue weighted by Gasteiger charge is -2.19. The first-order valence-electron chi connectivity index (χ1n) is 12.8. The summed E-state index contributed by atoms with van der Waals surface area (Å²) in [5, 5.41) is 27.4. The Hall–Kier alpha value is -3.95. The summed E-state index contributed by atoms with van der Waals surface area (Å²) in [6.07, 6.45) is 3.73. The highest BCUT2D eigenvalue weighted by Crippen LogP contribution is 2.22. The van der Waals surface area contributed by atoms with E-state index in [-0.39, 0.29) is 27.6 Å². The fourth-order valence-electron chi connectivity index (χ4n) is 4.00. The van der Waals surface area contributed by atoms with E-state index >= 15 is 0 Å². The van der Waals surface area contributed by atoms with Gasteiger partial charge in [-0.2, -0.15) is 5.26 Å². The molecule has 11 nitrogen and oxygen atoms in total. The highest BCUT2D eigenvalue weighted by molar-refractivity contribution is 7.07. The molecule has 0 atom stereocenters. The number of aromatic nitrogens is 1. The third-order valence-corrected chi connectivity index (χ3v) is 7.31. The van der Waals surface area contributed by atoms with Crippen molar-refractivity contribution in [2.75, 3.05) is 36.8 Å². The molecule has 1 saturated heterocycles. The van der Waals surface area contributed by atoms with Gasteiger partial charge in [-0.25, -0.2) is 4.79 Å². The van der Waals surface area contributed by atoms with Crippen molar-refractivity contribution in [1.82, 2.24) is 14.8 Å². The van der Waals surface area contributed by atoms with Gasteiger partial charge in [0.1, 0.15) is 15.3 Å². The molecule has 4 N–H and O–H groups in total. The van der Waals surface area contributed by atoms with Crippen LogP contribution in [-0.4, -0.2) is 58.5 Å². The monoisotopic (exact) mass is 554 g/mol. The van der Waals surface area contributed by atoms with Gasteiger partial charge in [0.15, 0.2) is 5.57 Å². The van der Waals surface area contributed by atoms with E-state index in [4.69, 9.17) is 0 Å². The van der Waals surface area contributed by atoms with Crippen LogP contribution in [0.25, 0.3) is 11.8 Å². The number of hydrogen-bond donors (Lipinski definition) is 4. The summed E-state index contributed by atoms with van der Waals surface area (Å²) in [4.78, 5) is 52.2. The van der Waals surface area contributed by atoms with Gasteiger partial charge in [-0.3, -0.25) is 19.0 Å². The van der Waals surface area contributed by atoms with Crippen LogP contribution in [0.15, 0.2) is 23.0 Å². The van der Waals surface area contributed by atoms with E-state index in [0.717, 1.165) is 43.8 Å². The molecule has 0 saturated carbocycles. The molecule has 0 spiro atoms. The number of nitrogens with zero attached hydrogens (tertiary/aromatic N) is 3. The van der Waals surface area contributed by atoms with Crippen LogP contribution < -0.4 is 30.7 Å². The third kappa shape index (κ3) is 7.55. The molecule has 3 rings (SSSR count). The van der Waals surface area contributed by atoms with Crippen molar-refractivity contribution in [3.05, 3.63) is 43.3 Å². The average molecular weight is 555 g/mol.